The minimum atomic E-state index is -0.452. The average Bonchev–Trinajstić information content (AvgIpc) is 2.35. The van der Waals surface area contributed by atoms with Crippen LogP contribution in [0.1, 0.15) is 48.9 Å². The fourth-order valence-electron chi connectivity index (χ4n) is 5.25. The Balaban J connectivity index is 1.57. The monoisotopic (exact) mass is 351 g/mol. The second-order valence-electron chi connectivity index (χ2n) is 7.28. The second-order valence-corrected chi connectivity index (χ2v) is 8.19. The lowest BCUT2D eigenvalue weighted by atomic mass is 9.53. The molecule has 4 aliphatic rings. The largest absolute Gasteiger partial charge is 0.346 e. The van der Waals surface area contributed by atoms with Crippen LogP contribution in [0.25, 0.3) is 0 Å². The molecule has 0 aliphatic heterocycles. The smallest absolute Gasteiger partial charge is 0.254 e. The quantitative estimate of drug-likeness (QED) is 0.846. The van der Waals surface area contributed by atoms with Gasteiger partial charge in [-0.1, -0.05) is 15.9 Å². The molecule has 4 aliphatic carbocycles. The summed E-state index contributed by atoms with van der Waals surface area (Å²) < 4.78 is 14.6. The van der Waals surface area contributed by atoms with E-state index in [-0.39, 0.29) is 17.0 Å². The van der Waals surface area contributed by atoms with E-state index < -0.39 is 5.82 Å². The van der Waals surface area contributed by atoms with Gasteiger partial charge in [0.2, 0.25) is 0 Å². The van der Waals surface area contributed by atoms with Crippen molar-refractivity contribution >= 4 is 21.8 Å². The van der Waals surface area contributed by atoms with Gasteiger partial charge in [-0.2, -0.15) is 0 Å². The Kier molecular flexibility index (Phi) is 3.14. The van der Waals surface area contributed by atoms with Gasteiger partial charge >= 0.3 is 0 Å². The standard InChI is InChI=1S/C17H19BrFNO/c18-13-1-2-14(15(19)6-13)16(21)20-17-7-10-3-11(8-17)5-12(4-10)9-17/h1-2,6,10-12H,3-5,7-9H2,(H,20,21). The Morgan fingerprint density at radius 3 is 2.24 bits per heavy atom. The van der Waals surface area contributed by atoms with Crippen molar-refractivity contribution in [3.63, 3.8) is 0 Å². The molecule has 112 valence electrons. The minimum Gasteiger partial charge on any atom is -0.346 e. The minimum absolute atomic E-state index is 0.0641. The lowest BCUT2D eigenvalue weighted by molar-refractivity contribution is -0.0167. The van der Waals surface area contributed by atoms with Crippen molar-refractivity contribution in [2.24, 2.45) is 17.8 Å². The zero-order valence-electron chi connectivity index (χ0n) is 11.9. The average molecular weight is 352 g/mol. The zero-order valence-corrected chi connectivity index (χ0v) is 13.5. The first-order valence-corrected chi connectivity index (χ1v) is 8.60. The van der Waals surface area contributed by atoms with E-state index in [9.17, 15) is 9.18 Å². The van der Waals surface area contributed by atoms with Crippen molar-refractivity contribution in [1.82, 2.24) is 5.32 Å². The number of amides is 1. The fourth-order valence-corrected chi connectivity index (χ4v) is 5.58. The molecular formula is C17H19BrFNO. The van der Waals surface area contributed by atoms with E-state index in [1.165, 1.54) is 25.3 Å². The molecule has 0 atom stereocenters. The molecule has 0 aromatic heterocycles. The Bertz CT molecular complexity index is 565. The SMILES string of the molecule is O=C(NC12CC3CC(CC(C3)C1)C2)c1ccc(Br)cc1F. The van der Waals surface area contributed by atoms with Gasteiger partial charge in [-0.25, -0.2) is 4.39 Å². The van der Waals surface area contributed by atoms with Crippen LogP contribution in [-0.4, -0.2) is 11.4 Å². The van der Waals surface area contributed by atoms with Gasteiger partial charge in [0.25, 0.3) is 5.91 Å². The molecule has 0 heterocycles. The van der Waals surface area contributed by atoms with Gasteiger partial charge in [0.05, 0.1) is 5.56 Å². The van der Waals surface area contributed by atoms with Gasteiger partial charge in [-0.15, -0.1) is 0 Å². The Hall–Kier alpha value is -0.900. The number of halogens is 2. The van der Waals surface area contributed by atoms with Crippen molar-refractivity contribution < 1.29 is 9.18 Å². The van der Waals surface area contributed by atoms with Crippen LogP contribution in [0.2, 0.25) is 0 Å². The second kappa shape index (κ2) is 4.80. The van der Waals surface area contributed by atoms with Crippen LogP contribution in [0.15, 0.2) is 22.7 Å². The first kappa shape index (κ1) is 13.7. The summed E-state index contributed by atoms with van der Waals surface area (Å²) in [6.07, 6.45) is 7.26. The lowest BCUT2D eigenvalue weighted by Gasteiger charge is -2.56. The third kappa shape index (κ3) is 2.41. The third-order valence-electron chi connectivity index (χ3n) is 5.59. The van der Waals surface area contributed by atoms with E-state index in [1.54, 1.807) is 12.1 Å². The number of benzene rings is 1. The topological polar surface area (TPSA) is 29.1 Å². The highest BCUT2D eigenvalue weighted by atomic mass is 79.9. The van der Waals surface area contributed by atoms with E-state index in [4.69, 9.17) is 0 Å². The Labute approximate surface area is 132 Å². The molecule has 2 nitrogen and oxygen atoms in total. The fraction of sp³-hybridized carbons (Fsp3) is 0.588. The van der Waals surface area contributed by atoms with E-state index in [0.717, 1.165) is 37.0 Å². The first-order valence-electron chi connectivity index (χ1n) is 7.81. The van der Waals surface area contributed by atoms with E-state index in [2.05, 4.69) is 21.2 Å². The number of carbonyl (C=O) groups excluding carboxylic acids is 1. The third-order valence-corrected chi connectivity index (χ3v) is 6.09. The molecule has 21 heavy (non-hydrogen) atoms. The molecule has 0 spiro atoms. The van der Waals surface area contributed by atoms with E-state index >= 15 is 0 Å². The number of rotatable bonds is 2. The van der Waals surface area contributed by atoms with Crippen molar-refractivity contribution in [1.29, 1.82) is 0 Å². The van der Waals surface area contributed by atoms with Gasteiger partial charge in [0, 0.05) is 10.0 Å². The molecule has 0 radical (unpaired) electrons. The van der Waals surface area contributed by atoms with Crippen LogP contribution in [-0.2, 0) is 0 Å². The molecule has 0 saturated heterocycles. The van der Waals surface area contributed by atoms with Gasteiger partial charge < -0.3 is 5.32 Å². The summed E-state index contributed by atoms with van der Waals surface area (Å²) >= 11 is 3.23. The number of hydrogen-bond acceptors (Lipinski definition) is 1. The number of hydrogen-bond donors (Lipinski definition) is 1. The predicted molar refractivity (Wildman–Crippen MR) is 82.5 cm³/mol. The molecule has 5 rings (SSSR count). The summed E-state index contributed by atoms with van der Waals surface area (Å²) in [6, 6.07) is 4.64. The van der Waals surface area contributed by atoms with Crippen LogP contribution < -0.4 is 5.32 Å². The number of nitrogens with one attached hydrogen (secondary N) is 1. The Morgan fingerprint density at radius 2 is 1.71 bits per heavy atom. The maximum atomic E-state index is 14.0. The lowest BCUT2D eigenvalue weighted by Crippen LogP contribution is -2.59. The molecule has 1 aromatic carbocycles. The summed E-state index contributed by atoms with van der Waals surface area (Å²) in [7, 11) is 0. The zero-order chi connectivity index (χ0) is 14.6. The highest BCUT2D eigenvalue weighted by Gasteiger charge is 2.51. The summed E-state index contributed by atoms with van der Waals surface area (Å²) in [4.78, 5) is 12.5. The highest BCUT2D eigenvalue weighted by Crippen LogP contribution is 2.55. The van der Waals surface area contributed by atoms with Gasteiger partial charge in [0.15, 0.2) is 0 Å². The maximum Gasteiger partial charge on any atom is 0.254 e. The van der Waals surface area contributed by atoms with Crippen LogP contribution >= 0.6 is 15.9 Å². The van der Waals surface area contributed by atoms with Gasteiger partial charge in [-0.05, 0) is 74.5 Å². The highest BCUT2D eigenvalue weighted by molar-refractivity contribution is 9.10. The molecule has 1 aromatic rings. The van der Waals surface area contributed by atoms with Crippen molar-refractivity contribution in [2.75, 3.05) is 0 Å². The van der Waals surface area contributed by atoms with Crippen LogP contribution in [0.3, 0.4) is 0 Å². The van der Waals surface area contributed by atoms with Gasteiger partial charge in [-0.3, -0.25) is 4.79 Å². The molecular weight excluding hydrogens is 333 g/mol. The van der Waals surface area contributed by atoms with Crippen LogP contribution in [0.5, 0.6) is 0 Å². The molecule has 1 N–H and O–H groups in total. The molecule has 4 bridgehead atoms. The van der Waals surface area contributed by atoms with Crippen molar-refractivity contribution in [3.8, 4) is 0 Å². The summed E-state index contributed by atoms with van der Waals surface area (Å²) in [5.74, 6) is 1.61. The van der Waals surface area contributed by atoms with Crippen molar-refractivity contribution in [3.05, 3.63) is 34.1 Å². The normalized spacial score (nSPS) is 36.8. The molecule has 4 saturated carbocycles. The van der Waals surface area contributed by atoms with E-state index in [1.807, 2.05) is 0 Å². The van der Waals surface area contributed by atoms with Crippen LogP contribution in [0.4, 0.5) is 4.39 Å². The predicted octanol–water partition coefficient (Wildman–Crippen LogP) is 4.29. The summed E-state index contributed by atoms with van der Waals surface area (Å²) in [5.41, 5.74) is 0.0969. The summed E-state index contributed by atoms with van der Waals surface area (Å²) in [6.45, 7) is 0. The molecule has 0 unspecified atom stereocenters. The van der Waals surface area contributed by atoms with Gasteiger partial charge in [0.1, 0.15) is 5.82 Å². The molecule has 1 amide bonds. The van der Waals surface area contributed by atoms with Crippen molar-refractivity contribution in [2.45, 2.75) is 44.1 Å². The maximum absolute atomic E-state index is 14.0. The molecule has 4 heteroatoms. The first-order chi connectivity index (χ1) is 10.0. The Morgan fingerprint density at radius 1 is 1.14 bits per heavy atom. The van der Waals surface area contributed by atoms with Crippen LogP contribution in [0, 0.1) is 23.6 Å². The number of carbonyl (C=O) groups is 1. The molecule has 4 fully saturated rings. The summed E-state index contributed by atoms with van der Waals surface area (Å²) in [5, 5.41) is 3.21. The van der Waals surface area contributed by atoms with E-state index in [0.29, 0.717) is 4.47 Å².